The first-order valence-corrected chi connectivity index (χ1v) is 17.6. The average molecular weight is 686 g/mol. The molecule has 1 aromatic heterocycles. The van der Waals surface area contributed by atoms with Gasteiger partial charge >= 0.3 is 6.03 Å². The second-order valence-electron chi connectivity index (χ2n) is 12.4. The molecule has 4 atom stereocenters. The molecule has 48 heavy (non-hydrogen) atoms. The number of carbonyl (C=O) groups excluding carboxylic acids is 2. The number of aromatic nitrogens is 1. The summed E-state index contributed by atoms with van der Waals surface area (Å²) in [5.74, 6) is -0.201. The number of urea groups is 1. The molecule has 262 valence electrons. The van der Waals surface area contributed by atoms with Gasteiger partial charge in [-0.15, -0.1) is 0 Å². The molecule has 3 aromatic rings. The summed E-state index contributed by atoms with van der Waals surface area (Å²) in [5.41, 5.74) is 1.49. The van der Waals surface area contributed by atoms with E-state index in [-0.39, 0.29) is 53.6 Å². The number of ether oxygens (including phenoxy) is 2. The fourth-order valence-corrected chi connectivity index (χ4v) is 7.09. The highest BCUT2D eigenvalue weighted by atomic mass is 32.2. The van der Waals surface area contributed by atoms with E-state index in [1.54, 1.807) is 51.1 Å². The maximum Gasteiger partial charge on any atom is 0.323 e. The number of amides is 3. The smallest absolute Gasteiger partial charge is 0.323 e. The minimum absolute atomic E-state index is 0.0177. The number of benzene rings is 2. The van der Waals surface area contributed by atoms with Crippen LogP contribution in [-0.2, 0) is 14.8 Å². The molecule has 14 heteroatoms. The second-order valence-corrected chi connectivity index (χ2v) is 14.4. The van der Waals surface area contributed by atoms with E-state index in [2.05, 4.69) is 15.8 Å². The van der Waals surface area contributed by atoms with Gasteiger partial charge in [-0.1, -0.05) is 30.3 Å². The summed E-state index contributed by atoms with van der Waals surface area (Å²) in [7, 11) is -2.46. The summed E-state index contributed by atoms with van der Waals surface area (Å²) in [6.45, 7) is 8.93. The monoisotopic (exact) mass is 685 g/mol. The molecule has 0 aliphatic carbocycles. The van der Waals surface area contributed by atoms with Crippen molar-refractivity contribution in [2.24, 2.45) is 5.92 Å². The molecule has 0 unspecified atom stereocenters. The number of hydrogen-bond acceptors (Lipinski definition) is 9. The number of aliphatic hydroxyl groups excluding tert-OH is 1. The van der Waals surface area contributed by atoms with E-state index in [0.717, 1.165) is 12.8 Å². The van der Waals surface area contributed by atoms with Crippen LogP contribution >= 0.6 is 0 Å². The summed E-state index contributed by atoms with van der Waals surface area (Å²) in [6.07, 6.45) is 1.38. The molecular weight excluding hydrogens is 638 g/mol. The first kappa shape index (κ1) is 36.8. The third-order valence-corrected chi connectivity index (χ3v) is 10.5. The number of aryl methyl sites for hydroxylation is 2. The molecule has 1 aliphatic heterocycles. The van der Waals surface area contributed by atoms with Crippen LogP contribution in [-0.4, -0.2) is 91.4 Å². The lowest BCUT2D eigenvalue weighted by Gasteiger charge is -2.35. The van der Waals surface area contributed by atoms with E-state index in [1.165, 1.54) is 16.3 Å². The lowest BCUT2D eigenvalue weighted by atomic mass is 10.0. The number of para-hydroxylation sites is 1. The Bertz CT molecular complexity index is 1630. The van der Waals surface area contributed by atoms with Gasteiger partial charge < -0.3 is 34.6 Å². The number of anilines is 2. The predicted molar refractivity (Wildman–Crippen MR) is 182 cm³/mol. The van der Waals surface area contributed by atoms with Gasteiger partial charge in [-0.3, -0.25) is 4.79 Å². The summed E-state index contributed by atoms with van der Waals surface area (Å²) < 4.78 is 46.0. The number of likely N-dealkylation sites (N-methyl/N-ethyl adjacent to an activating group) is 1. The van der Waals surface area contributed by atoms with Crippen LogP contribution in [0.2, 0.25) is 0 Å². The standard InChI is InChI=1S/C34H47N5O8S/c1-22-19-39(23(2)21-40)33(41)29-18-28(36-34(42)35-27-13-8-7-9-14-27)15-16-30(29)46-24(3)12-10-11-17-45-31(22)20-38(6)48(43,44)32-25(4)37-47-26(32)5/h7-9,13-16,18,22-24,31,40H,10-12,17,19-21H2,1-6H3,(H2,35,36,42)/t22-,23-,24+,31-/m0/s1. The molecule has 13 nitrogen and oxygen atoms in total. The van der Waals surface area contributed by atoms with Gasteiger partial charge in [-0.2, -0.15) is 4.31 Å². The van der Waals surface area contributed by atoms with Crippen LogP contribution in [0, 0.1) is 19.8 Å². The number of nitrogens with one attached hydrogen (secondary N) is 2. The molecule has 0 spiro atoms. The fourth-order valence-electron chi connectivity index (χ4n) is 5.63. The highest BCUT2D eigenvalue weighted by molar-refractivity contribution is 7.89. The van der Waals surface area contributed by atoms with Crippen LogP contribution in [0.25, 0.3) is 0 Å². The normalized spacial score (nSPS) is 20.4. The van der Waals surface area contributed by atoms with Crippen molar-refractivity contribution < 1.29 is 37.1 Å². The Morgan fingerprint density at radius 1 is 1.10 bits per heavy atom. The summed E-state index contributed by atoms with van der Waals surface area (Å²) in [5, 5.41) is 19.6. The molecule has 2 aromatic carbocycles. The van der Waals surface area contributed by atoms with Crippen molar-refractivity contribution in [1.29, 1.82) is 0 Å². The Balaban J connectivity index is 1.64. The van der Waals surface area contributed by atoms with Crippen molar-refractivity contribution >= 4 is 33.3 Å². The van der Waals surface area contributed by atoms with Crippen molar-refractivity contribution in [3.05, 3.63) is 65.5 Å². The number of fused-ring (bicyclic) bond motifs is 1. The lowest BCUT2D eigenvalue weighted by molar-refractivity contribution is -0.00835. The van der Waals surface area contributed by atoms with Crippen LogP contribution in [0.15, 0.2) is 57.9 Å². The molecule has 0 fully saturated rings. The zero-order valence-corrected chi connectivity index (χ0v) is 29.2. The van der Waals surface area contributed by atoms with Crippen molar-refractivity contribution in [3.63, 3.8) is 0 Å². The van der Waals surface area contributed by atoms with E-state index in [4.69, 9.17) is 14.0 Å². The third kappa shape index (κ3) is 9.13. The van der Waals surface area contributed by atoms with Crippen molar-refractivity contribution in [1.82, 2.24) is 14.4 Å². The quantitative estimate of drug-likeness (QED) is 0.294. The summed E-state index contributed by atoms with van der Waals surface area (Å²) in [4.78, 5) is 28.7. The van der Waals surface area contributed by atoms with Crippen molar-refractivity contribution in [3.8, 4) is 5.75 Å². The second kappa shape index (κ2) is 16.4. The van der Waals surface area contributed by atoms with E-state index in [0.29, 0.717) is 30.2 Å². The van der Waals surface area contributed by atoms with Gasteiger partial charge in [0.05, 0.1) is 30.4 Å². The van der Waals surface area contributed by atoms with Gasteiger partial charge in [0, 0.05) is 44.0 Å². The molecule has 0 bridgehead atoms. The topological polar surface area (TPSA) is 164 Å². The van der Waals surface area contributed by atoms with Crippen LogP contribution in [0.4, 0.5) is 16.2 Å². The van der Waals surface area contributed by atoms with Crippen LogP contribution in [0.5, 0.6) is 5.75 Å². The van der Waals surface area contributed by atoms with E-state index < -0.39 is 34.1 Å². The van der Waals surface area contributed by atoms with Crippen LogP contribution < -0.4 is 15.4 Å². The SMILES string of the molecule is Cc1noc(C)c1S(=O)(=O)N(C)C[C@@H]1OCCCC[C@@H](C)Oc2ccc(NC(=O)Nc3ccccc3)cc2C(=O)N([C@@H](C)CO)C[C@@H]1C. The molecule has 1 aliphatic rings. The first-order valence-electron chi connectivity index (χ1n) is 16.2. The Labute approximate surface area is 282 Å². The molecular formula is C34H47N5O8S. The van der Waals surface area contributed by atoms with E-state index in [9.17, 15) is 23.1 Å². The zero-order chi connectivity index (χ0) is 35.0. The first-order chi connectivity index (χ1) is 22.8. The number of sulfonamides is 1. The Morgan fingerprint density at radius 2 is 1.81 bits per heavy atom. The minimum atomic E-state index is -3.95. The zero-order valence-electron chi connectivity index (χ0n) is 28.4. The van der Waals surface area contributed by atoms with Gasteiger partial charge in [-0.25, -0.2) is 13.2 Å². The molecule has 2 heterocycles. The Hall–Kier alpha value is -3.98. The van der Waals surface area contributed by atoms with Gasteiger partial charge in [0.25, 0.3) is 5.91 Å². The number of nitrogens with zero attached hydrogens (tertiary/aromatic N) is 3. The third-order valence-electron chi connectivity index (χ3n) is 8.41. The minimum Gasteiger partial charge on any atom is -0.490 e. The van der Waals surface area contributed by atoms with Crippen LogP contribution in [0.1, 0.15) is 61.8 Å². The maximum atomic E-state index is 14.3. The molecule has 3 N–H and O–H groups in total. The largest absolute Gasteiger partial charge is 0.490 e. The number of hydrogen-bond donors (Lipinski definition) is 3. The van der Waals surface area contributed by atoms with Gasteiger partial charge in [0.2, 0.25) is 10.0 Å². The van der Waals surface area contributed by atoms with Gasteiger partial charge in [0.1, 0.15) is 16.3 Å². The summed E-state index contributed by atoms with van der Waals surface area (Å²) >= 11 is 0. The predicted octanol–water partition coefficient (Wildman–Crippen LogP) is 5.05. The summed E-state index contributed by atoms with van der Waals surface area (Å²) in [6, 6.07) is 12.8. The fraction of sp³-hybridized carbons (Fsp3) is 0.500. The van der Waals surface area contributed by atoms with Crippen molar-refractivity contribution in [2.45, 2.75) is 77.0 Å². The molecule has 4 rings (SSSR count). The van der Waals surface area contributed by atoms with Gasteiger partial charge in [0.15, 0.2) is 5.76 Å². The molecule has 0 radical (unpaired) electrons. The molecule has 0 saturated carbocycles. The average Bonchev–Trinajstić information content (AvgIpc) is 3.40. The highest BCUT2D eigenvalue weighted by Gasteiger charge is 2.34. The van der Waals surface area contributed by atoms with Gasteiger partial charge in [-0.05, 0) is 77.3 Å². The molecule has 3 amide bonds. The van der Waals surface area contributed by atoms with Crippen molar-refractivity contribution in [2.75, 3.05) is 44.0 Å². The highest BCUT2D eigenvalue weighted by Crippen LogP contribution is 2.29. The Kier molecular flexibility index (Phi) is 12.6. The van der Waals surface area contributed by atoms with E-state index in [1.807, 2.05) is 32.0 Å². The lowest BCUT2D eigenvalue weighted by Crippen LogP contribution is -2.48. The Morgan fingerprint density at radius 3 is 2.48 bits per heavy atom. The van der Waals surface area contributed by atoms with Crippen LogP contribution in [0.3, 0.4) is 0 Å². The molecule has 0 saturated heterocycles. The maximum absolute atomic E-state index is 14.3. The number of rotatable bonds is 8. The number of carbonyl (C=O) groups is 2. The van der Waals surface area contributed by atoms with E-state index >= 15 is 0 Å². The number of aliphatic hydroxyl groups is 1.